The van der Waals surface area contributed by atoms with Crippen molar-refractivity contribution in [2.45, 2.75) is 20.5 Å². The lowest BCUT2D eigenvalue weighted by Gasteiger charge is -1.99. The van der Waals surface area contributed by atoms with Gasteiger partial charge in [0.15, 0.2) is 0 Å². The normalized spacial score (nSPS) is 10.7. The van der Waals surface area contributed by atoms with Gasteiger partial charge in [-0.1, -0.05) is 0 Å². The highest BCUT2D eigenvalue weighted by Gasteiger charge is 2.02. The molecule has 0 spiro atoms. The summed E-state index contributed by atoms with van der Waals surface area (Å²) in [4.78, 5) is 5.67. The van der Waals surface area contributed by atoms with E-state index in [-0.39, 0.29) is 0 Å². The van der Waals surface area contributed by atoms with E-state index in [4.69, 9.17) is 4.74 Å². The number of likely N-dealkylation sites (N-methyl/N-ethyl adjacent to an activating group) is 1. The van der Waals surface area contributed by atoms with Crippen LogP contribution in [0.15, 0.2) is 0 Å². The van der Waals surface area contributed by atoms with E-state index >= 15 is 0 Å². The Kier molecular flexibility index (Phi) is 4.35. The summed E-state index contributed by atoms with van der Waals surface area (Å²) in [6, 6.07) is 0. The number of aromatic nitrogens is 1. The van der Waals surface area contributed by atoms with E-state index in [9.17, 15) is 0 Å². The number of hydrogen-bond acceptors (Lipinski definition) is 4. The molecule has 13 heavy (non-hydrogen) atoms. The number of nitrogens with zero attached hydrogens (tertiary/aromatic N) is 1. The molecule has 0 unspecified atom stereocenters. The van der Waals surface area contributed by atoms with Gasteiger partial charge in [0.05, 0.1) is 18.9 Å². The van der Waals surface area contributed by atoms with Gasteiger partial charge in [-0.25, -0.2) is 4.98 Å². The summed E-state index contributed by atoms with van der Waals surface area (Å²) in [6.07, 6.45) is 0. The largest absolute Gasteiger partial charge is 0.373 e. The average molecular weight is 200 g/mol. The Balaban J connectivity index is 2.29. The monoisotopic (exact) mass is 200 g/mol. The molecule has 4 heteroatoms. The van der Waals surface area contributed by atoms with E-state index in [0.29, 0.717) is 6.61 Å². The van der Waals surface area contributed by atoms with Crippen LogP contribution in [0, 0.1) is 13.8 Å². The first-order valence-electron chi connectivity index (χ1n) is 4.39. The number of aryl methyl sites for hydroxylation is 2. The summed E-state index contributed by atoms with van der Waals surface area (Å²) < 4.78 is 5.41. The van der Waals surface area contributed by atoms with E-state index < -0.39 is 0 Å². The third-order valence-corrected chi connectivity index (χ3v) is 2.84. The van der Waals surface area contributed by atoms with E-state index in [1.54, 1.807) is 11.3 Å². The van der Waals surface area contributed by atoms with Crippen LogP contribution in [0.5, 0.6) is 0 Å². The molecule has 0 radical (unpaired) electrons. The van der Waals surface area contributed by atoms with Crippen molar-refractivity contribution < 1.29 is 4.74 Å². The molecule has 3 nitrogen and oxygen atoms in total. The zero-order chi connectivity index (χ0) is 9.68. The Morgan fingerprint density at radius 3 is 2.77 bits per heavy atom. The summed E-state index contributed by atoms with van der Waals surface area (Å²) in [5.74, 6) is 0. The van der Waals surface area contributed by atoms with Crippen LogP contribution in [0.3, 0.4) is 0 Å². The van der Waals surface area contributed by atoms with E-state index in [1.165, 1.54) is 4.88 Å². The molecule has 1 aromatic rings. The number of rotatable bonds is 5. The van der Waals surface area contributed by atoms with Gasteiger partial charge in [-0.2, -0.15) is 0 Å². The standard InChI is InChI=1S/C9H16N2OS/c1-7-8(2)13-9(11-7)6-12-5-4-10-3/h10H,4-6H2,1-3H3. The minimum atomic E-state index is 0.640. The summed E-state index contributed by atoms with van der Waals surface area (Å²) in [5.41, 5.74) is 1.12. The zero-order valence-corrected chi connectivity index (χ0v) is 9.20. The fourth-order valence-corrected chi connectivity index (χ4v) is 1.81. The molecule has 74 valence electrons. The molecular formula is C9H16N2OS. The highest BCUT2D eigenvalue weighted by Crippen LogP contribution is 2.16. The van der Waals surface area contributed by atoms with Crippen LogP contribution in [0.2, 0.25) is 0 Å². The lowest BCUT2D eigenvalue weighted by molar-refractivity contribution is 0.124. The van der Waals surface area contributed by atoms with Crippen molar-refractivity contribution >= 4 is 11.3 Å². The van der Waals surface area contributed by atoms with E-state index in [1.807, 2.05) is 14.0 Å². The summed E-state index contributed by atoms with van der Waals surface area (Å²) in [6.45, 7) is 6.39. The van der Waals surface area contributed by atoms with Crippen LogP contribution in [0.1, 0.15) is 15.6 Å². The first-order valence-corrected chi connectivity index (χ1v) is 5.21. The second-order valence-electron chi connectivity index (χ2n) is 2.91. The first kappa shape index (κ1) is 10.6. The van der Waals surface area contributed by atoms with Crippen molar-refractivity contribution in [2.75, 3.05) is 20.2 Å². The quantitative estimate of drug-likeness (QED) is 0.731. The fraction of sp³-hybridized carbons (Fsp3) is 0.667. The van der Waals surface area contributed by atoms with Gasteiger partial charge in [-0.3, -0.25) is 0 Å². The fourth-order valence-electron chi connectivity index (χ4n) is 0.935. The van der Waals surface area contributed by atoms with Gasteiger partial charge in [0.2, 0.25) is 0 Å². The SMILES string of the molecule is CNCCOCc1nc(C)c(C)s1. The van der Waals surface area contributed by atoms with Crippen LogP contribution in [-0.2, 0) is 11.3 Å². The van der Waals surface area contributed by atoms with Gasteiger partial charge in [-0.05, 0) is 20.9 Å². The molecule has 0 fully saturated rings. The van der Waals surface area contributed by atoms with Crippen molar-refractivity contribution in [3.05, 3.63) is 15.6 Å². The highest BCUT2D eigenvalue weighted by atomic mass is 32.1. The van der Waals surface area contributed by atoms with Crippen LogP contribution in [-0.4, -0.2) is 25.2 Å². The van der Waals surface area contributed by atoms with Gasteiger partial charge in [0.1, 0.15) is 5.01 Å². The molecule has 1 rings (SSSR count). The van der Waals surface area contributed by atoms with E-state index in [0.717, 1.165) is 23.9 Å². The number of ether oxygens (including phenoxy) is 1. The molecule has 1 heterocycles. The maximum Gasteiger partial charge on any atom is 0.119 e. The summed E-state index contributed by atoms with van der Waals surface area (Å²) >= 11 is 1.72. The predicted molar refractivity (Wildman–Crippen MR) is 55.2 cm³/mol. The lowest BCUT2D eigenvalue weighted by atomic mass is 10.4. The molecule has 0 aliphatic rings. The lowest BCUT2D eigenvalue weighted by Crippen LogP contribution is -2.13. The van der Waals surface area contributed by atoms with Crippen molar-refractivity contribution in [3.8, 4) is 0 Å². The van der Waals surface area contributed by atoms with Crippen LogP contribution < -0.4 is 5.32 Å². The Hall–Kier alpha value is -0.450. The smallest absolute Gasteiger partial charge is 0.119 e. The third kappa shape index (κ3) is 3.42. The molecule has 0 saturated carbocycles. The van der Waals surface area contributed by atoms with Crippen LogP contribution in [0.4, 0.5) is 0 Å². The second kappa shape index (κ2) is 5.32. The van der Waals surface area contributed by atoms with Gasteiger partial charge >= 0.3 is 0 Å². The highest BCUT2D eigenvalue weighted by molar-refractivity contribution is 7.11. The maximum absolute atomic E-state index is 5.41. The second-order valence-corrected chi connectivity index (χ2v) is 4.19. The minimum Gasteiger partial charge on any atom is -0.373 e. The molecule has 1 aromatic heterocycles. The molecule has 0 bridgehead atoms. The van der Waals surface area contributed by atoms with Crippen LogP contribution in [0.25, 0.3) is 0 Å². The number of nitrogens with one attached hydrogen (secondary N) is 1. The molecule has 1 N–H and O–H groups in total. The van der Waals surface area contributed by atoms with Crippen molar-refractivity contribution in [1.29, 1.82) is 0 Å². The topological polar surface area (TPSA) is 34.1 Å². The van der Waals surface area contributed by atoms with Crippen molar-refractivity contribution in [3.63, 3.8) is 0 Å². The predicted octanol–water partition coefficient (Wildman–Crippen LogP) is 1.50. The Morgan fingerprint density at radius 2 is 2.23 bits per heavy atom. The molecule has 0 amide bonds. The summed E-state index contributed by atoms with van der Waals surface area (Å²) in [7, 11) is 1.92. The maximum atomic E-state index is 5.41. The first-order chi connectivity index (χ1) is 6.24. The van der Waals surface area contributed by atoms with E-state index in [2.05, 4.69) is 17.2 Å². The van der Waals surface area contributed by atoms with Crippen molar-refractivity contribution in [2.24, 2.45) is 0 Å². The molecule has 0 aliphatic carbocycles. The van der Waals surface area contributed by atoms with Gasteiger partial charge in [-0.15, -0.1) is 11.3 Å². The summed E-state index contributed by atoms with van der Waals surface area (Å²) in [5, 5.41) is 4.10. The Bertz CT molecular complexity index is 241. The minimum absolute atomic E-state index is 0.640. The van der Waals surface area contributed by atoms with Gasteiger partial charge in [0.25, 0.3) is 0 Å². The average Bonchev–Trinajstić information content (AvgIpc) is 2.41. The molecule has 0 atom stereocenters. The molecule has 0 aromatic carbocycles. The Morgan fingerprint density at radius 1 is 1.46 bits per heavy atom. The Labute approximate surface area is 83.1 Å². The van der Waals surface area contributed by atoms with Gasteiger partial charge in [0, 0.05) is 11.4 Å². The molecular weight excluding hydrogens is 184 g/mol. The number of hydrogen-bond donors (Lipinski definition) is 1. The zero-order valence-electron chi connectivity index (χ0n) is 8.39. The molecule has 0 aliphatic heterocycles. The molecule has 0 saturated heterocycles. The van der Waals surface area contributed by atoms with Crippen LogP contribution >= 0.6 is 11.3 Å². The number of thiazole rings is 1. The third-order valence-electron chi connectivity index (χ3n) is 1.79. The van der Waals surface area contributed by atoms with Crippen molar-refractivity contribution in [1.82, 2.24) is 10.3 Å². The van der Waals surface area contributed by atoms with Gasteiger partial charge < -0.3 is 10.1 Å².